The van der Waals surface area contributed by atoms with E-state index in [4.69, 9.17) is 4.74 Å². The highest BCUT2D eigenvalue weighted by Gasteiger charge is 2.25. The van der Waals surface area contributed by atoms with E-state index in [9.17, 15) is 4.79 Å². The van der Waals surface area contributed by atoms with Crippen molar-refractivity contribution in [2.75, 3.05) is 31.3 Å². The maximum absolute atomic E-state index is 12.6. The Balaban J connectivity index is 1.49. The Morgan fingerprint density at radius 3 is 2.70 bits per heavy atom. The number of hydrogen-bond donors (Lipinski definition) is 1. The van der Waals surface area contributed by atoms with E-state index in [1.54, 1.807) is 11.8 Å². The number of nitrogens with one attached hydrogen (secondary N) is 1. The van der Waals surface area contributed by atoms with E-state index >= 15 is 0 Å². The number of ether oxygens (including phenoxy) is 1. The highest BCUT2D eigenvalue weighted by Crippen LogP contribution is 2.24. The van der Waals surface area contributed by atoms with Gasteiger partial charge < -0.3 is 10.1 Å². The summed E-state index contributed by atoms with van der Waals surface area (Å²) in [6, 6.07) is 16.3. The van der Waals surface area contributed by atoms with Crippen molar-refractivity contribution in [3.8, 4) is 5.75 Å². The quantitative estimate of drug-likeness (QED) is 0.705. The van der Waals surface area contributed by atoms with Gasteiger partial charge in [0.05, 0.1) is 6.61 Å². The molecule has 2 aromatic rings. The molecule has 0 aliphatic carbocycles. The molecular formula is C22H28N2O2S. The van der Waals surface area contributed by atoms with Gasteiger partial charge >= 0.3 is 0 Å². The van der Waals surface area contributed by atoms with Crippen molar-refractivity contribution in [2.45, 2.75) is 31.2 Å². The summed E-state index contributed by atoms with van der Waals surface area (Å²) >= 11 is 1.68. The van der Waals surface area contributed by atoms with E-state index in [1.165, 1.54) is 5.56 Å². The molecule has 1 N–H and O–H groups in total. The molecular weight excluding hydrogens is 356 g/mol. The molecule has 144 valence electrons. The van der Waals surface area contributed by atoms with Crippen molar-refractivity contribution < 1.29 is 9.53 Å². The Morgan fingerprint density at radius 2 is 1.96 bits per heavy atom. The summed E-state index contributed by atoms with van der Waals surface area (Å²) < 4.78 is 5.58. The molecule has 0 unspecified atom stereocenters. The molecule has 1 aliphatic heterocycles. The predicted octanol–water partition coefficient (Wildman–Crippen LogP) is 4.66. The van der Waals surface area contributed by atoms with Crippen LogP contribution >= 0.6 is 11.8 Å². The first kappa shape index (κ1) is 19.8. The van der Waals surface area contributed by atoms with E-state index in [2.05, 4.69) is 28.4 Å². The molecule has 0 saturated carbocycles. The lowest BCUT2D eigenvalue weighted by Crippen LogP contribution is -2.37. The van der Waals surface area contributed by atoms with E-state index in [0.29, 0.717) is 6.61 Å². The van der Waals surface area contributed by atoms with Crippen molar-refractivity contribution >= 4 is 23.4 Å². The SMILES string of the molecule is CCOc1cccc(CN2CCC(C(=O)Nc3cccc(SC)c3)CC2)c1. The van der Waals surface area contributed by atoms with Gasteiger partial charge in [0.2, 0.25) is 5.91 Å². The number of carbonyl (C=O) groups excluding carboxylic acids is 1. The smallest absolute Gasteiger partial charge is 0.227 e. The largest absolute Gasteiger partial charge is 0.494 e. The minimum absolute atomic E-state index is 0.0916. The van der Waals surface area contributed by atoms with Crippen LogP contribution in [0, 0.1) is 5.92 Å². The number of amides is 1. The van der Waals surface area contributed by atoms with Crippen LogP contribution in [0.2, 0.25) is 0 Å². The van der Waals surface area contributed by atoms with Gasteiger partial charge in [-0.15, -0.1) is 11.8 Å². The molecule has 1 amide bonds. The Morgan fingerprint density at radius 1 is 1.19 bits per heavy atom. The number of anilines is 1. The highest BCUT2D eigenvalue weighted by atomic mass is 32.2. The number of benzene rings is 2. The van der Waals surface area contributed by atoms with Gasteiger partial charge in [-0.05, 0) is 75.0 Å². The topological polar surface area (TPSA) is 41.6 Å². The van der Waals surface area contributed by atoms with Gasteiger partial charge in [-0.3, -0.25) is 9.69 Å². The zero-order chi connectivity index (χ0) is 19.1. The molecule has 27 heavy (non-hydrogen) atoms. The minimum Gasteiger partial charge on any atom is -0.494 e. The Labute approximate surface area is 166 Å². The third-order valence-corrected chi connectivity index (χ3v) is 5.64. The first-order valence-electron chi connectivity index (χ1n) is 9.57. The lowest BCUT2D eigenvalue weighted by molar-refractivity contribution is -0.121. The maximum Gasteiger partial charge on any atom is 0.227 e. The van der Waals surface area contributed by atoms with Crippen molar-refractivity contribution in [1.82, 2.24) is 4.90 Å². The molecule has 1 heterocycles. The van der Waals surface area contributed by atoms with Gasteiger partial charge in [0.25, 0.3) is 0 Å². The average Bonchev–Trinajstić information content (AvgIpc) is 2.69. The Kier molecular flexibility index (Phi) is 7.18. The second-order valence-electron chi connectivity index (χ2n) is 6.85. The summed E-state index contributed by atoms with van der Waals surface area (Å²) in [5.74, 6) is 1.16. The van der Waals surface area contributed by atoms with Crippen LogP contribution in [0.5, 0.6) is 5.75 Å². The molecule has 1 fully saturated rings. The summed E-state index contributed by atoms with van der Waals surface area (Å²) in [5, 5.41) is 3.09. The van der Waals surface area contributed by atoms with Crippen LogP contribution in [0.1, 0.15) is 25.3 Å². The molecule has 1 aliphatic rings. The van der Waals surface area contributed by atoms with E-state index in [-0.39, 0.29) is 11.8 Å². The molecule has 0 radical (unpaired) electrons. The summed E-state index contributed by atoms with van der Waals surface area (Å²) in [6.07, 6.45) is 3.85. The predicted molar refractivity (Wildman–Crippen MR) is 112 cm³/mol. The molecule has 3 rings (SSSR count). The number of nitrogens with zero attached hydrogens (tertiary/aromatic N) is 1. The van der Waals surface area contributed by atoms with Gasteiger partial charge in [-0.1, -0.05) is 18.2 Å². The van der Waals surface area contributed by atoms with Crippen molar-refractivity contribution in [1.29, 1.82) is 0 Å². The second-order valence-corrected chi connectivity index (χ2v) is 7.73. The molecule has 0 spiro atoms. The maximum atomic E-state index is 12.6. The van der Waals surface area contributed by atoms with Crippen LogP contribution < -0.4 is 10.1 Å². The number of rotatable bonds is 7. The second kappa shape index (κ2) is 9.81. The van der Waals surface area contributed by atoms with Crippen molar-refractivity contribution in [3.05, 3.63) is 54.1 Å². The van der Waals surface area contributed by atoms with Crippen molar-refractivity contribution in [2.24, 2.45) is 5.92 Å². The van der Waals surface area contributed by atoms with Crippen LogP contribution in [0.15, 0.2) is 53.4 Å². The molecule has 0 atom stereocenters. The van der Waals surface area contributed by atoms with Gasteiger partial charge in [0.1, 0.15) is 5.75 Å². The van der Waals surface area contributed by atoms with Crippen LogP contribution in [0.25, 0.3) is 0 Å². The van der Waals surface area contributed by atoms with Gasteiger partial charge in [0.15, 0.2) is 0 Å². The van der Waals surface area contributed by atoms with Crippen LogP contribution in [-0.4, -0.2) is 36.8 Å². The van der Waals surface area contributed by atoms with Crippen LogP contribution in [0.3, 0.4) is 0 Å². The molecule has 2 aromatic carbocycles. The summed E-state index contributed by atoms with van der Waals surface area (Å²) in [6.45, 7) is 5.48. The van der Waals surface area contributed by atoms with E-state index < -0.39 is 0 Å². The fourth-order valence-electron chi connectivity index (χ4n) is 3.46. The lowest BCUT2D eigenvalue weighted by atomic mass is 9.95. The van der Waals surface area contributed by atoms with Crippen molar-refractivity contribution in [3.63, 3.8) is 0 Å². The zero-order valence-electron chi connectivity index (χ0n) is 16.1. The zero-order valence-corrected chi connectivity index (χ0v) is 16.9. The normalized spacial score (nSPS) is 15.5. The number of hydrogen-bond acceptors (Lipinski definition) is 4. The van der Waals surface area contributed by atoms with Gasteiger partial charge in [-0.25, -0.2) is 0 Å². The number of piperidine rings is 1. The average molecular weight is 385 g/mol. The highest BCUT2D eigenvalue weighted by molar-refractivity contribution is 7.98. The standard InChI is InChI=1S/C22H28N2O2S/c1-3-26-20-8-4-6-17(14-20)16-24-12-10-18(11-13-24)22(25)23-19-7-5-9-21(15-19)27-2/h4-9,14-15,18H,3,10-13,16H2,1-2H3,(H,23,25). The summed E-state index contributed by atoms with van der Waals surface area (Å²) in [4.78, 5) is 16.2. The van der Waals surface area contributed by atoms with Gasteiger partial charge in [-0.2, -0.15) is 0 Å². The Hall–Kier alpha value is -1.98. The summed E-state index contributed by atoms with van der Waals surface area (Å²) in [7, 11) is 0. The third-order valence-electron chi connectivity index (χ3n) is 4.91. The van der Waals surface area contributed by atoms with E-state index in [0.717, 1.165) is 48.8 Å². The van der Waals surface area contributed by atoms with E-state index in [1.807, 2.05) is 43.5 Å². The number of carbonyl (C=O) groups is 1. The van der Waals surface area contributed by atoms with Gasteiger partial charge in [0, 0.05) is 23.0 Å². The number of thioether (sulfide) groups is 1. The number of likely N-dealkylation sites (tertiary alicyclic amines) is 1. The fourth-order valence-corrected chi connectivity index (χ4v) is 3.92. The van der Waals surface area contributed by atoms with Crippen LogP contribution in [0.4, 0.5) is 5.69 Å². The third kappa shape index (κ3) is 5.75. The monoisotopic (exact) mass is 384 g/mol. The molecule has 0 aromatic heterocycles. The Bertz CT molecular complexity index is 757. The first-order valence-corrected chi connectivity index (χ1v) is 10.8. The summed E-state index contributed by atoms with van der Waals surface area (Å²) in [5.41, 5.74) is 2.15. The lowest BCUT2D eigenvalue weighted by Gasteiger charge is -2.31. The van der Waals surface area contributed by atoms with Crippen LogP contribution in [-0.2, 0) is 11.3 Å². The minimum atomic E-state index is 0.0916. The molecule has 0 bridgehead atoms. The first-order chi connectivity index (χ1) is 13.2. The molecule has 1 saturated heterocycles. The molecule has 5 heteroatoms. The molecule has 4 nitrogen and oxygen atoms in total. The fraction of sp³-hybridized carbons (Fsp3) is 0.409.